The quantitative estimate of drug-likeness (QED) is 0.632. The Morgan fingerprint density at radius 3 is 2.64 bits per heavy atom. The average molecular weight is 354 g/mol. The number of nitrogens with zero attached hydrogens (tertiary/aromatic N) is 1. The minimum absolute atomic E-state index is 0.0269. The van der Waals surface area contributed by atoms with Gasteiger partial charge in [-0.3, -0.25) is 4.79 Å². The van der Waals surface area contributed by atoms with Crippen LogP contribution < -0.4 is 10.1 Å². The second-order valence-corrected chi connectivity index (χ2v) is 7.22. The number of fused-ring (bicyclic) bond motifs is 1. The lowest BCUT2D eigenvalue weighted by Crippen LogP contribution is -2.12. The first kappa shape index (κ1) is 17.4. The summed E-state index contributed by atoms with van der Waals surface area (Å²) in [7, 11) is 0. The van der Waals surface area contributed by atoms with Crippen LogP contribution in [0.3, 0.4) is 0 Å². The SMILES string of the molecule is Cc1ccc(OCCCC(=O)Nc2nc3c(C)c(C)ccc3s2)cc1. The van der Waals surface area contributed by atoms with E-state index in [4.69, 9.17) is 4.74 Å². The fraction of sp³-hybridized carbons (Fsp3) is 0.300. The zero-order valence-corrected chi connectivity index (χ0v) is 15.6. The molecule has 1 amide bonds. The van der Waals surface area contributed by atoms with Gasteiger partial charge in [-0.15, -0.1) is 0 Å². The molecule has 0 saturated heterocycles. The first-order valence-electron chi connectivity index (χ1n) is 8.39. The van der Waals surface area contributed by atoms with Crippen LogP contribution in [-0.2, 0) is 4.79 Å². The lowest BCUT2D eigenvalue weighted by atomic mass is 10.1. The number of hydrogen-bond donors (Lipinski definition) is 1. The van der Waals surface area contributed by atoms with E-state index < -0.39 is 0 Å². The fourth-order valence-corrected chi connectivity index (χ4v) is 3.46. The molecule has 2 aromatic carbocycles. The van der Waals surface area contributed by atoms with Crippen LogP contribution in [0.4, 0.5) is 5.13 Å². The zero-order chi connectivity index (χ0) is 17.8. The van der Waals surface area contributed by atoms with E-state index in [0.717, 1.165) is 16.0 Å². The highest BCUT2D eigenvalue weighted by Gasteiger charge is 2.10. The number of carbonyl (C=O) groups excluding carboxylic acids is 1. The Kier molecular flexibility index (Phi) is 5.34. The molecule has 1 heterocycles. The van der Waals surface area contributed by atoms with E-state index in [1.54, 1.807) is 0 Å². The van der Waals surface area contributed by atoms with Crippen LogP contribution in [0.25, 0.3) is 10.2 Å². The van der Waals surface area contributed by atoms with Crippen molar-refractivity contribution in [3.05, 3.63) is 53.1 Å². The van der Waals surface area contributed by atoms with Crippen molar-refractivity contribution < 1.29 is 9.53 Å². The largest absolute Gasteiger partial charge is 0.494 e. The number of hydrogen-bond acceptors (Lipinski definition) is 4. The predicted octanol–water partition coefficient (Wildman–Crippen LogP) is 5.02. The summed E-state index contributed by atoms with van der Waals surface area (Å²) in [6.07, 6.45) is 1.09. The number of anilines is 1. The van der Waals surface area contributed by atoms with Crippen LogP contribution in [0.15, 0.2) is 36.4 Å². The molecule has 0 spiro atoms. The summed E-state index contributed by atoms with van der Waals surface area (Å²) < 4.78 is 6.74. The number of rotatable bonds is 6. The highest BCUT2D eigenvalue weighted by molar-refractivity contribution is 7.22. The number of aromatic nitrogens is 1. The molecule has 0 aliphatic rings. The van der Waals surface area contributed by atoms with Gasteiger partial charge in [0.2, 0.25) is 5.91 Å². The van der Waals surface area contributed by atoms with E-state index in [1.165, 1.54) is 28.0 Å². The van der Waals surface area contributed by atoms with E-state index in [1.807, 2.05) is 31.2 Å². The third kappa shape index (κ3) is 4.37. The monoisotopic (exact) mass is 354 g/mol. The summed E-state index contributed by atoms with van der Waals surface area (Å²) in [4.78, 5) is 16.6. The molecule has 0 bridgehead atoms. The Labute approximate surface area is 151 Å². The second kappa shape index (κ2) is 7.66. The van der Waals surface area contributed by atoms with Crippen molar-refractivity contribution in [3.8, 4) is 5.75 Å². The van der Waals surface area contributed by atoms with Crippen LogP contribution in [0.2, 0.25) is 0 Å². The number of nitrogens with one attached hydrogen (secondary N) is 1. The first-order chi connectivity index (χ1) is 12.0. The molecule has 130 valence electrons. The van der Waals surface area contributed by atoms with E-state index in [-0.39, 0.29) is 5.91 Å². The lowest BCUT2D eigenvalue weighted by Gasteiger charge is -2.06. The van der Waals surface area contributed by atoms with Gasteiger partial charge >= 0.3 is 0 Å². The van der Waals surface area contributed by atoms with Crippen molar-refractivity contribution in [1.82, 2.24) is 4.98 Å². The molecule has 0 aliphatic carbocycles. The van der Waals surface area contributed by atoms with E-state index >= 15 is 0 Å². The smallest absolute Gasteiger partial charge is 0.226 e. The second-order valence-electron chi connectivity index (χ2n) is 6.19. The molecule has 5 heteroatoms. The van der Waals surface area contributed by atoms with Gasteiger partial charge in [-0.25, -0.2) is 4.98 Å². The number of benzene rings is 2. The van der Waals surface area contributed by atoms with Gasteiger partial charge in [0.05, 0.1) is 16.8 Å². The standard InChI is InChI=1S/C20H22N2O2S/c1-13-6-9-16(10-7-13)24-12-4-5-18(23)21-20-22-19-15(3)14(2)8-11-17(19)25-20/h6-11H,4-5,12H2,1-3H3,(H,21,22,23). The highest BCUT2D eigenvalue weighted by atomic mass is 32.1. The van der Waals surface area contributed by atoms with Crippen molar-refractivity contribution >= 4 is 32.6 Å². The normalized spacial score (nSPS) is 10.8. The molecule has 3 aromatic rings. The predicted molar refractivity (Wildman–Crippen MR) is 104 cm³/mol. The summed E-state index contributed by atoms with van der Waals surface area (Å²) in [5, 5.41) is 3.56. The summed E-state index contributed by atoms with van der Waals surface area (Å²) in [6, 6.07) is 12.1. The minimum atomic E-state index is -0.0269. The van der Waals surface area contributed by atoms with Gasteiger partial charge < -0.3 is 10.1 Å². The first-order valence-corrected chi connectivity index (χ1v) is 9.20. The summed E-state index contributed by atoms with van der Waals surface area (Å²) >= 11 is 1.51. The molecular weight excluding hydrogens is 332 g/mol. The van der Waals surface area contributed by atoms with Crippen molar-refractivity contribution in [1.29, 1.82) is 0 Å². The maximum Gasteiger partial charge on any atom is 0.226 e. The van der Waals surface area contributed by atoms with Crippen molar-refractivity contribution in [2.75, 3.05) is 11.9 Å². The van der Waals surface area contributed by atoms with Gasteiger partial charge in [-0.2, -0.15) is 0 Å². The molecule has 4 nitrogen and oxygen atoms in total. The van der Waals surface area contributed by atoms with Crippen LogP contribution in [0.1, 0.15) is 29.5 Å². The number of carbonyl (C=O) groups is 1. The molecule has 0 unspecified atom stereocenters. The van der Waals surface area contributed by atoms with E-state index in [2.05, 4.69) is 36.3 Å². The van der Waals surface area contributed by atoms with Crippen molar-refractivity contribution in [3.63, 3.8) is 0 Å². The Morgan fingerprint density at radius 2 is 1.88 bits per heavy atom. The maximum atomic E-state index is 12.1. The molecular formula is C20H22N2O2S. The van der Waals surface area contributed by atoms with Crippen LogP contribution >= 0.6 is 11.3 Å². The highest BCUT2D eigenvalue weighted by Crippen LogP contribution is 2.29. The summed E-state index contributed by atoms with van der Waals surface area (Å²) in [5.74, 6) is 0.809. The van der Waals surface area contributed by atoms with E-state index in [9.17, 15) is 4.79 Å². The molecule has 25 heavy (non-hydrogen) atoms. The lowest BCUT2D eigenvalue weighted by molar-refractivity contribution is -0.116. The minimum Gasteiger partial charge on any atom is -0.494 e. The number of ether oxygens (including phenoxy) is 1. The third-order valence-electron chi connectivity index (χ3n) is 4.17. The van der Waals surface area contributed by atoms with Crippen molar-refractivity contribution in [2.24, 2.45) is 0 Å². The molecule has 3 rings (SSSR count). The van der Waals surface area contributed by atoms with Crippen molar-refractivity contribution in [2.45, 2.75) is 33.6 Å². The molecule has 0 aliphatic heterocycles. The Balaban J connectivity index is 1.49. The molecule has 0 radical (unpaired) electrons. The summed E-state index contributed by atoms with van der Waals surface area (Å²) in [5.41, 5.74) is 4.56. The fourth-order valence-electron chi connectivity index (χ4n) is 2.52. The maximum absolute atomic E-state index is 12.1. The Bertz CT molecular complexity index is 885. The molecule has 0 fully saturated rings. The van der Waals surface area contributed by atoms with Gasteiger partial charge in [-0.1, -0.05) is 35.1 Å². The van der Waals surface area contributed by atoms with E-state index in [0.29, 0.717) is 24.6 Å². The topological polar surface area (TPSA) is 51.2 Å². The Hall–Kier alpha value is -2.40. The number of amides is 1. The Morgan fingerprint density at radius 1 is 1.12 bits per heavy atom. The summed E-state index contributed by atoms with van der Waals surface area (Å²) in [6.45, 7) is 6.69. The van der Waals surface area contributed by atoms with Crippen LogP contribution in [0.5, 0.6) is 5.75 Å². The molecule has 1 aromatic heterocycles. The number of aryl methyl sites for hydroxylation is 3. The van der Waals surface area contributed by atoms with Crippen LogP contribution in [-0.4, -0.2) is 17.5 Å². The van der Waals surface area contributed by atoms with Gasteiger partial charge in [-0.05, 0) is 56.5 Å². The number of thiazole rings is 1. The molecule has 0 atom stereocenters. The molecule has 1 N–H and O–H groups in total. The van der Waals surface area contributed by atoms with Gasteiger partial charge in [0.25, 0.3) is 0 Å². The van der Waals surface area contributed by atoms with Gasteiger partial charge in [0.1, 0.15) is 5.75 Å². The zero-order valence-electron chi connectivity index (χ0n) is 14.8. The average Bonchev–Trinajstić information content (AvgIpc) is 3.00. The van der Waals surface area contributed by atoms with Gasteiger partial charge in [0, 0.05) is 6.42 Å². The van der Waals surface area contributed by atoms with Crippen LogP contribution in [0, 0.1) is 20.8 Å². The van der Waals surface area contributed by atoms with Gasteiger partial charge in [0.15, 0.2) is 5.13 Å². The third-order valence-corrected chi connectivity index (χ3v) is 5.11. The molecule has 0 saturated carbocycles.